The fourth-order valence-corrected chi connectivity index (χ4v) is 3.53. The minimum Gasteiger partial charge on any atom is -0.493 e. The molecule has 0 aromatic heterocycles. The normalized spacial score (nSPS) is 25.2. The van der Waals surface area contributed by atoms with Crippen molar-refractivity contribution in [2.24, 2.45) is 11.8 Å². The van der Waals surface area contributed by atoms with Gasteiger partial charge in [-0.1, -0.05) is 44.4 Å². The Morgan fingerprint density at radius 3 is 2.73 bits per heavy atom. The standard InChI is InChI=1S/C20H33NO/c1-15-10-11-20(17(3)14-15)22-13-6-5-12-21-19-9-7-8-16(2)18(19)4/h10-11,14,16,18-19,21H,5-9,12-13H2,1-4H3/t16-,18-,19+/m0/s1. The maximum atomic E-state index is 5.89. The summed E-state index contributed by atoms with van der Waals surface area (Å²) in [6.07, 6.45) is 6.46. The summed E-state index contributed by atoms with van der Waals surface area (Å²) in [7, 11) is 0. The third-order valence-corrected chi connectivity index (χ3v) is 5.27. The van der Waals surface area contributed by atoms with Crippen molar-refractivity contribution >= 4 is 0 Å². The van der Waals surface area contributed by atoms with Crippen LogP contribution in [0.4, 0.5) is 0 Å². The first-order valence-electron chi connectivity index (χ1n) is 9.01. The van der Waals surface area contributed by atoms with Gasteiger partial charge in [-0.2, -0.15) is 0 Å². The van der Waals surface area contributed by atoms with Crippen LogP contribution in [0.1, 0.15) is 57.1 Å². The van der Waals surface area contributed by atoms with Crippen molar-refractivity contribution in [3.63, 3.8) is 0 Å². The topological polar surface area (TPSA) is 21.3 Å². The maximum absolute atomic E-state index is 5.89. The van der Waals surface area contributed by atoms with Crippen molar-refractivity contribution in [1.82, 2.24) is 5.32 Å². The Hall–Kier alpha value is -1.02. The van der Waals surface area contributed by atoms with Crippen LogP contribution in [-0.4, -0.2) is 19.2 Å². The molecule has 0 saturated heterocycles. The molecule has 1 aliphatic carbocycles. The highest BCUT2D eigenvalue weighted by Gasteiger charge is 2.26. The van der Waals surface area contributed by atoms with Crippen LogP contribution in [0.25, 0.3) is 0 Å². The largest absolute Gasteiger partial charge is 0.493 e. The minimum absolute atomic E-state index is 0.726. The lowest BCUT2D eigenvalue weighted by Gasteiger charge is -2.34. The number of hydrogen-bond acceptors (Lipinski definition) is 2. The van der Waals surface area contributed by atoms with Gasteiger partial charge in [0.1, 0.15) is 5.75 Å². The van der Waals surface area contributed by atoms with E-state index in [0.29, 0.717) is 0 Å². The van der Waals surface area contributed by atoms with E-state index in [4.69, 9.17) is 4.74 Å². The smallest absolute Gasteiger partial charge is 0.122 e. The average molecular weight is 303 g/mol. The van der Waals surface area contributed by atoms with E-state index in [1.54, 1.807) is 0 Å². The Morgan fingerprint density at radius 2 is 1.95 bits per heavy atom. The highest BCUT2D eigenvalue weighted by Crippen LogP contribution is 2.29. The molecule has 2 heteroatoms. The van der Waals surface area contributed by atoms with Crippen molar-refractivity contribution in [1.29, 1.82) is 0 Å². The number of aryl methyl sites for hydroxylation is 2. The summed E-state index contributed by atoms with van der Waals surface area (Å²) in [6.45, 7) is 11.0. The second-order valence-corrected chi connectivity index (χ2v) is 7.15. The molecule has 22 heavy (non-hydrogen) atoms. The molecule has 1 N–H and O–H groups in total. The van der Waals surface area contributed by atoms with Crippen molar-refractivity contribution in [2.45, 2.75) is 65.8 Å². The second-order valence-electron chi connectivity index (χ2n) is 7.15. The number of unbranched alkanes of at least 4 members (excludes halogenated alkanes) is 1. The van der Waals surface area contributed by atoms with Gasteiger partial charge in [-0.15, -0.1) is 0 Å². The van der Waals surface area contributed by atoms with E-state index in [9.17, 15) is 0 Å². The molecule has 0 bridgehead atoms. The number of benzene rings is 1. The molecular formula is C20H33NO. The Kier molecular flexibility index (Phi) is 6.75. The quantitative estimate of drug-likeness (QED) is 0.725. The fraction of sp³-hybridized carbons (Fsp3) is 0.700. The zero-order valence-electron chi connectivity index (χ0n) is 14.8. The highest BCUT2D eigenvalue weighted by atomic mass is 16.5. The maximum Gasteiger partial charge on any atom is 0.122 e. The lowest BCUT2D eigenvalue weighted by atomic mass is 9.78. The van der Waals surface area contributed by atoms with E-state index < -0.39 is 0 Å². The fourth-order valence-electron chi connectivity index (χ4n) is 3.53. The van der Waals surface area contributed by atoms with E-state index in [-0.39, 0.29) is 0 Å². The second kappa shape index (κ2) is 8.57. The summed E-state index contributed by atoms with van der Waals surface area (Å²) >= 11 is 0. The average Bonchev–Trinajstić information content (AvgIpc) is 2.48. The summed E-state index contributed by atoms with van der Waals surface area (Å²) in [4.78, 5) is 0. The highest BCUT2D eigenvalue weighted by molar-refractivity contribution is 5.35. The van der Waals surface area contributed by atoms with Crippen LogP contribution in [0.2, 0.25) is 0 Å². The molecule has 0 spiro atoms. The van der Waals surface area contributed by atoms with Gasteiger partial charge in [-0.25, -0.2) is 0 Å². The number of rotatable bonds is 7. The number of nitrogens with one attached hydrogen (secondary N) is 1. The summed E-state index contributed by atoms with van der Waals surface area (Å²) < 4.78 is 5.89. The SMILES string of the molecule is Cc1ccc(OCCCCN[C@@H]2CCC[C@H](C)[C@@H]2C)c(C)c1. The van der Waals surface area contributed by atoms with Gasteiger partial charge in [0.15, 0.2) is 0 Å². The molecule has 1 saturated carbocycles. The molecule has 0 aliphatic heterocycles. The van der Waals surface area contributed by atoms with Gasteiger partial charge in [0, 0.05) is 6.04 Å². The molecule has 0 amide bonds. The van der Waals surface area contributed by atoms with Gasteiger partial charge in [0.05, 0.1) is 6.61 Å². The van der Waals surface area contributed by atoms with E-state index in [2.05, 4.69) is 51.2 Å². The van der Waals surface area contributed by atoms with Crippen LogP contribution in [0, 0.1) is 25.7 Å². The van der Waals surface area contributed by atoms with Gasteiger partial charge in [0.2, 0.25) is 0 Å². The number of hydrogen-bond donors (Lipinski definition) is 1. The van der Waals surface area contributed by atoms with Gasteiger partial charge in [-0.05, 0) is 63.1 Å². The lowest BCUT2D eigenvalue weighted by molar-refractivity contribution is 0.205. The Morgan fingerprint density at radius 1 is 1.14 bits per heavy atom. The first-order valence-corrected chi connectivity index (χ1v) is 9.01. The predicted molar refractivity (Wildman–Crippen MR) is 94.6 cm³/mol. The van der Waals surface area contributed by atoms with E-state index >= 15 is 0 Å². The Balaban J connectivity index is 1.59. The van der Waals surface area contributed by atoms with Crippen molar-refractivity contribution < 1.29 is 4.74 Å². The number of ether oxygens (including phenoxy) is 1. The van der Waals surface area contributed by atoms with Crippen molar-refractivity contribution in [3.05, 3.63) is 29.3 Å². The molecule has 1 aromatic carbocycles. The van der Waals surface area contributed by atoms with E-state index in [1.807, 2.05) is 0 Å². The van der Waals surface area contributed by atoms with E-state index in [0.717, 1.165) is 43.2 Å². The molecule has 3 atom stereocenters. The van der Waals surface area contributed by atoms with Crippen LogP contribution in [0.5, 0.6) is 5.75 Å². The van der Waals surface area contributed by atoms with Crippen LogP contribution in [-0.2, 0) is 0 Å². The van der Waals surface area contributed by atoms with Gasteiger partial charge >= 0.3 is 0 Å². The molecule has 1 fully saturated rings. The zero-order chi connectivity index (χ0) is 15.9. The van der Waals surface area contributed by atoms with E-state index in [1.165, 1.54) is 36.8 Å². The first kappa shape index (κ1) is 17.3. The van der Waals surface area contributed by atoms with Crippen LogP contribution in [0.3, 0.4) is 0 Å². The van der Waals surface area contributed by atoms with Crippen molar-refractivity contribution in [3.8, 4) is 5.75 Å². The third kappa shape index (κ3) is 5.01. The Labute approximate surface area is 136 Å². The lowest BCUT2D eigenvalue weighted by Crippen LogP contribution is -2.41. The predicted octanol–water partition coefficient (Wildman–Crippen LogP) is 4.88. The molecule has 2 rings (SSSR count). The monoisotopic (exact) mass is 303 g/mol. The van der Waals surface area contributed by atoms with Crippen LogP contribution in [0.15, 0.2) is 18.2 Å². The molecule has 0 unspecified atom stereocenters. The molecule has 1 aliphatic rings. The van der Waals surface area contributed by atoms with Gasteiger partial charge in [0.25, 0.3) is 0 Å². The Bertz CT molecular complexity index is 457. The zero-order valence-corrected chi connectivity index (χ0v) is 14.8. The summed E-state index contributed by atoms with van der Waals surface area (Å²) in [5.74, 6) is 2.73. The summed E-state index contributed by atoms with van der Waals surface area (Å²) in [5, 5.41) is 3.76. The molecule has 0 heterocycles. The van der Waals surface area contributed by atoms with Gasteiger partial charge < -0.3 is 10.1 Å². The van der Waals surface area contributed by atoms with Crippen LogP contribution < -0.4 is 10.1 Å². The summed E-state index contributed by atoms with van der Waals surface area (Å²) in [5.41, 5.74) is 2.54. The van der Waals surface area contributed by atoms with Gasteiger partial charge in [-0.3, -0.25) is 0 Å². The molecule has 2 nitrogen and oxygen atoms in total. The third-order valence-electron chi connectivity index (χ3n) is 5.27. The minimum atomic E-state index is 0.726. The molecule has 0 radical (unpaired) electrons. The first-order chi connectivity index (χ1) is 10.6. The molecular weight excluding hydrogens is 270 g/mol. The molecule has 124 valence electrons. The van der Waals surface area contributed by atoms with Crippen LogP contribution >= 0.6 is 0 Å². The summed E-state index contributed by atoms with van der Waals surface area (Å²) in [6, 6.07) is 7.12. The molecule has 1 aromatic rings. The van der Waals surface area contributed by atoms with Crippen molar-refractivity contribution in [2.75, 3.05) is 13.2 Å².